The summed E-state index contributed by atoms with van der Waals surface area (Å²) in [4.78, 5) is 18.4. The minimum absolute atomic E-state index is 0.0559. The lowest BCUT2D eigenvalue weighted by atomic mass is 10.3. The van der Waals surface area contributed by atoms with Crippen molar-refractivity contribution in [1.29, 1.82) is 0 Å². The molecule has 0 fully saturated rings. The fraction of sp³-hybridized carbons (Fsp3) is 0.154. The summed E-state index contributed by atoms with van der Waals surface area (Å²) in [5.41, 5.74) is 0.158. The lowest BCUT2D eigenvalue weighted by Gasteiger charge is -2.07. The molecular formula is C13H12ClN3O2S. The Kier molecular flexibility index (Phi) is 4.36. The minimum atomic E-state index is -0.483. The van der Waals surface area contributed by atoms with Crippen molar-refractivity contribution >= 4 is 35.7 Å². The zero-order valence-corrected chi connectivity index (χ0v) is 12.2. The van der Waals surface area contributed by atoms with E-state index in [1.165, 1.54) is 10.8 Å². The van der Waals surface area contributed by atoms with E-state index in [9.17, 15) is 9.90 Å². The highest BCUT2D eigenvalue weighted by Gasteiger charge is 2.09. The van der Waals surface area contributed by atoms with Gasteiger partial charge in [0.2, 0.25) is 5.88 Å². The summed E-state index contributed by atoms with van der Waals surface area (Å²) in [6.07, 6.45) is 1.29. The summed E-state index contributed by atoms with van der Waals surface area (Å²) >= 11 is 10.8. The Morgan fingerprint density at radius 3 is 2.95 bits per heavy atom. The molecule has 1 heterocycles. The first-order valence-electron chi connectivity index (χ1n) is 5.88. The molecule has 7 heteroatoms. The Hall–Kier alpha value is -1.92. The third-order valence-corrected chi connectivity index (χ3v) is 3.23. The smallest absolute Gasteiger partial charge is 0.264 e. The molecule has 0 saturated heterocycles. The summed E-state index contributed by atoms with van der Waals surface area (Å²) in [7, 11) is 0. The van der Waals surface area contributed by atoms with Gasteiger partial charge in [-0.15, -0.1) is 0 Å². The number of aromatic amines is 1. The van der Waals surface area contributed by atoms with Crippen LogP contribution in [-0.2, 0) is 6.54 Å². The topological polar surface area (TPSA) is 70.4 Å². The number of nitrogens with zero attached hydrogens (tertiary/aromatic N) is 2. The fourth-order valence-corrected chi connectivity index (χ4v) is 2.17. The second-order valence-corrected chi connectivity index (χ2v) is 4.80. The Morgan fingerprint density at radius 2 is 2.30 bits per heavy atom. The van der Waals surface area contributed by atoms with Crippen LogP contribution >= 0.6 is 23.8 Å². The molecule has 104 valence electrons. The molecule has 0 aliphatic heterocycles. The number of hydrogen-bond acceptors (Lipinski definition) is 4. The molecule has 0 atom stereocenters. The van der Waals surface area contributed by atoms with Crippen molar-refractivity contribution in [2.75, 3.05) is 0 Å². The summed E-state index contributed by atoms with van der Waals surface area (Å²) in [6.45, 7) is 2.26. The maximum atomic E-state index is 11.8. The molecule has 1 aromatic carbocycles. The number of hydrogen-bond donors (Lipinski definition) is 2. The zero-order chi connectivity index (χ0) is 14.7. The minimum Gasteiger partial charge on any atom is -0.494 e. The molecule has 0 aliphatic carbocycles. The van der Waals surface area contributed by atoms with Crippen molar-refractivity contribution in [1.82, 2.24) is 9.55 Å². The van der Waals surface area contributed by atoms with Gasteiger partial charge in [0.1, 0.15) is 5.56 Å². The van der Waals surface area contributed by atoms with Crippen LogP contribution in [0.2, 0.25) is 5.02 Å². The standard InChI is InChI=1S/C13H12ClN3O2S/c1-2-17-12(19)10(11(18)16-13(17)20)7-15-9-5-3-4-8(14)6-9/h3-7,19H,2H2,1H3,(H,16,18,20). The van der Waals surface area contributed by atoms with Crippen molar-refractivity contribution in [2.45, 2.75) is 13.5 Å². The van der Waals surface area contributed by atoms with E-state index in [1.807, 2.05) is 6.92 Å². The van der Waals surface area contributed by atoms with E-state index in [4.69, 9.17) is 23.8 Å². The van der Waals surface area contributed by atoms with Gasteiger partial charge in [0.05, 0.1) is 5.69 Å². The van der Waals surface area contributed by atoms with E-state index < -0.39 is 5.56 Å². The molecule has 0 aliphatic rings. The van der Waals surface area contributed by atoms with Crippen molar-refractivity contribution in [3.8, 4) is 5.88 Å². The fourth-order valence-electron chi connectivity index (χ4n) is 1.68. The monoisotopic (exact) mass is 309 g/mol. The summed E-state index contributed by atoms with van der Waals surface area (Å²) in [5.74, 6) is -0.202. The molecule has 0 spiro atoms. The first kappa shape index (κ1) is 14.5. The second-order valence-electron chi connectivity index (χ2n) is 3.98. The van der Waals surface area contributed by atoms with E-state index in [0.717, 1.165) is 0 Å². The molecule has 0 bridgehead atoms. The van der Waals surface area contributed by atoms with Crippen LogP contribution in [0.4, 0.5) is 5.69 Å². The third-order valence-electron chi connectivity index (χ3n) is 2.67. The van der Waals surface area contributed by atoms with Gasteiger partial charge in [-0.2, -0.15) is 0 Å². The highest BCUT2D eigenvalue weighted by atomic mass is 35.5. The first-order valence-corrected chi connectivity index (χ1v) is 6.67. The number of aliphatic imine (C=N–C) groups is 1. The highest BCUT2D eigenvalue weighted by Crippen LogP contribution is 2.18. The number of halogens is 1. The molecule has 0 amide bonds. The van der Waals surface area contributed by atoms with Crippen LogP contribution in [0.3, 0.4) is 0 Å². The number of nitrogens with one attached hydrogen (secondary N) is 1. The normalized spacial score (nSPS) is 11.1. The summed E-state index contributed by atoms with van der Waals surface area (Å²) in [6, 6.07) is 6.86. The lowest BCUT2D eigenvalue weighted by molar-refractivity contribution is 0.408. The van der Waals surface area contributed by atoms with E-state index in [0.29, 0.717) is 17.3 Å². The van der Waals surface area contributed by atoms with Crippen molar-refractivity contribution in [3.63, 3.8) is 0 Å². The first-order chi connectivity index (χ1) is 9.52. The van der Waals surface area contributed by atoms with Gasteiger partial charge in [-0.25, -0.2) is 0 Å². The van der Waals surface area contributed by atoms with E-state index in [2.05, 4.69) is 9.98 Å². The van der Waals surface area contributed by atoms with Crippen LogP contribution in [0, 0.1) is 4.77 Å². The molecule has 0 radical (unpaired) electrons. The van der Waals surface area contributed by atoms with Crippen LogP contribution in [0.1, 0.15) is 12.5 Å². The van der Waals surface area contributed by atoms with E-state index >= 15 is 0 Å². The summed E-state index contributed by atoms with van der Waals surface area (Å²) < 4.78 is 1.59. The maximum Gasteiger partial charge on any atom is 0.264 e. The number of rotatable bonds is 3. The molecule has 2 rings (SSSR count). The quantitative estimate of drug-likeness (QED) is 0.676. The average Bonchev–Trinajstić information content (AvgIpc) is 2.38. The molecule has 2 aromatic rings. The van der Waals surface area contributed by atoms with Gasteiger partial charge in [0, 0.05) is 17.8 Å². The Labute approximate surface area is 125 Å². The van der Waals surface area contributed by atoms with Gasteiger partial charge >= 0.3 is 0 Å². The van der Waals surface area contributed by atoms with Gasteiger partial charge in [0.25, 0.3) is 5.56 Å². The van der Waals surface area contributed by atoms with Crippen molar-refractivity contribution in [2.24, 2.45) is 4.99 Å². The van der Waals surface area contributed by atoms with Gasteiger partial charge in [-0.1, -0.05) is 17.7 Å². The number of aromatic hydroxyl groups is 1. The highest BCUT2D eigenvalue weighted by molar-refractivity contribution is 7.71. The summed E-state index contributed by atoms with van der Waals surface area (Å²) in [5, 5.41) is 10.6. The largest absolute Gasteiger partial charge is 0.494 e. The molecule has 0 saturated carbocycles. The predicted molar refractivity (Wildman–Crippen MR) is 81.9 cm³/mol. The average molecular weight is 310 g/mol. The van der Waals surface area contributed by atoms with Crippen LogP contribution in [-0.4, -0.2) is 20.9 Å². The Balaban J connectivity index is 2.49. The van der Waals surface area contributed by atoms with Crippen molar-refractivity contribution < 1.29 is 5.11 Å². The molecule has 5 nitrogen and oxygen atoms in total. The molecule has 0 unspecified atom stereocenters. The number of benzene rings is 1. The van der Waals surface area contributed by atoms with Crippen LogP contribution < -0.4 is 5.56 Å². The van der Waals surface area contributed by atoms with Gasteiger partial charge in [-0.05, 0) is 37.3 Å². The van der Waals surface area contributed by atoms with Gasteiger partial charge < -0.3 is 5.11 Å². The number of aromatic nitrogens is 2. The Bertz CT molecular complexity index is 780. The number of H-pyrrole nitrogens is 1. The second kappa shape index (κ2) is 6.02. The molecule has 1 aromatic heterocycles. The van der Waals surface area contributed by atoms with Crippen LogP contribution in [0.25, 0.3) is 0 Å². The predicted octanol–water partition coefficient (Wildman–Crippen LogP) is 3.04. The van der Waals surface area contributed by atoms with Crippen LogP contribution in [0.5, 0.6) is 5.88 Å². The Morgan fingerprint density at radius 1 is 1.55 bits per heavy atom. The van der Waals surface area contributed by atoms with E-state index in [1.54, 1.807) is 24.3 Å². The van der Waals surface area contributed by atoms with Gasteiger partial charge in [0.15, 0.2) is 4.77 Å². The van der Waals surface area contributed by atoms with E-state index in [-0.39, 0.29) is 16.2 Å². The maximum absolute atomic E-state index is 11.8. The lowest BCUT2D eigenvalue weighted by Crippen LogP contribution is -2.18. The van der Waals surface area contributed by atoms with Crippen LogP contribution in [0.15, 0.2) is 34.1 Å². The molecule has 20 heavy (non-hydrogen) atoms. The van der Waals surface area contributed by atoms with Crippen molar-refractivity contribution in [3.05, 3.63) is 50.0 Å². The zero-order valence-electron chi connectivity index (χ0n) is 10.6. The van der Waals surface area contributed by atoms with Gasteiger partial charge in [-0.3, -0.25) is 19.3 Å². The molecule has 2 N–H and O–H groups in total. The third kappa shape index (κ3) is 2.97. The SMILES string of the molecule is CCn1c(O)c(C=Nc2cccc(Cl)c2)c(=O)[nH]c1=S. The molecular weight excluding hydrogens is 298 g/mol.